The van der Waals surface area contributed by atoms with Gasteiger partial charge in [0.2, 0.25) is 5.91 Å². The molecule has 0 saturated heterocycles. The summed E-state index contributed by atoms with van der Waals surface area (Å²) in [5.41, 5.74) is 2.47. The summed E-state index contributed by atoms with van der Waals surface area (Å²) < 4.78 is 0.572. The molecule has 0 aliphatic carbocycles. The van der Waals surface area contributed by atoms with Crippen LogP contribution in [0.4, 0.5) is 0 Å². The number of carbonyl (C=O) groups excluding carboxylic acids is 1. The molecule has 1 amide bonds. The number of rotatable bonds is 5. The standard InChI is InChI=1S/C21H17N3O2S/c25-19(22-13-14-7-3-1-4-8-14)12-18-23-16-11-17(15-9-5-2-6-10-15)27-20(16)21(26)24-18/h1-11H,12-13H2,(H,22,25)(H,23,24,26). The highest BCUT2D eigenvalue weighted by atomic mass is 32.1. The van der Waals surface area contributed by atoms with E-state index >= 15 is 0 Å². The molecule has 2 aromatic carbocycles. The van der Waals surface area contributed by atoms with Crippen molar-refractivity contribution in [3.63, 3.8) is 0 Å². The number of hydrogen-bond acceptors (Lipinski definition) is 4. The molecule has 2 aromatic heterocycles. The fourth-order valence-electron chi connectivity index (χ4n) is 2.83. The Morgan fingerprint density at radius 2 is 1.74 bits per heavy atom. The first-order valence-electron chi connectivity index (χ1n) is 8.58. The van der Waals surface area contributed by atoms with E-state index in [-0.39, 0.29) is 17.9 Å². The summed E-state index contributed by atoms with van der Waals surface area (Å²) >= 11 is 1.41. The van der Waals surface area contributed by atoms with Gasteiger partial charge >= 0.3 is 0 Å². The number of thiophene rings is 1. The van der Waals surface area contributed by atoms with Crippen molar-refractivity contribution in [1.82, 2.24) is 15.3 Å². The topological polar surface area (TPSA) is 74.8 Å². The number of H-pyrrole nitrogens is 1. The molecule has 0 unspecified atom stereocenters. The lowest BCUT2D eigenvalue weighted by Gasteiger charge is -2.05. The van der Waals surface area contributed by atoms with Crippen molar-refractivity contribution in [2.45, 2.75) is 13.0 Å². The van der Waals surface area contributed by atoms with Crippen LogP contribution in [0.25, 0.3) is 20.7 Å². The molecule has 0 bridgehead atoms. The van der Waals surface area contributed by atoms with E-state index in [0.717, 1.165) is 16.0 Å². The fraction of sp³-hybridized carbons (Fsp3) is 0.0952. The molecule has 5 nitrogen and oxygen atoms in total. The molecule has 134 valence electrons. The Labute approximate surface area is 159 Å². The molecule has 0 radical (unpaired) electrons. The third-order valence-corrected chi connectivity index (χ3v) is 5.32. The van der Waals surface area contributed by atoms with Crippen molar-refractivity contribution in [3.8, 4) is 10.4 Å². The second-order valence-corrected chi connectivity index (χ2v) is 7.19. The van der Waals surface area contributed by atoms with Gasteiger partial charge < -0.3 is 10.3 Å². The predicted molar refractivity (Wildman–Crippen MR) is 108 cm³/mol. The zero-order chi connectivity index (χ0) is 18.6. The highest BCUT2D eigenvalue weighted by molar-refractivity contribution is 7.22. The Kier molecular flexibility index (Phi) is 4.80. The first-order chi connectivity index (χ1) is 13.2. The van der Waals surface area contributed by atoms with Gasteiger partial charge in [0.05, 0.1) is 11.9 Å². The lowest BCUT2D eigenvalue weighted by atomic mass is 10.2. The molecule has 0 aliphatic heterocycles. The van der Waals surface area contributed by atoms with Crippen molar-refractivity contribution in [2.75, 3.05) is 0 Å². The number of hydrogen-bond donors (Lipinski definition) is 2. The maximum atomic E-state index is 12.4. The molecule has 0 saturated carbocycles. The van der Waals surface area contributed by atoms with E-state index in [4.69, 9.17) is 0 Å². The summed E-state index contributed by atoms with van der Waals surface area (Å²) in [6, 6.07) is 21.4. The third-order valence-electron chi connectivity index (χ3n) is 4.15. The summed E-state index contributed by atoms with van der Waals surface area (Å²) in [6.45, 7) is 0.447. The SMILES string of the molecule is O=C(Cc1nc2cc(-c3ccccc3)sc2c(=O)[nH]1)NCc1ccccc1. The second-order valence-electron chi connectivity index (χ2n) is 6.14. The minimum Gasteiger partial charge on any atom is -0.352 e. The summed E-state index contributed by atoms with van der Waals surface area (Å²) in [6.07, 6.45) is 0.0362. The summed E-state index contributed by atoms with van der Waals surface area (Å²) in [4.78, 5) is 32.8. The minimum atomic E-state index is -0.210. The largest absolute Gasteiger partial charge is 0.352 e. The van der Waals surface area contributed by atoms with Gasteiger partial charge in [0.25, 0.3) is 5.56 Å². The van der Waals surface area contributed by atoms with E-state index in [1.165, 1.54) is 11.3 Å². The average Bonchev–Trinajstić information content (AvgIpc) is 3.13. The molecule has 6 heteroatoms. The van der Waals surface area contributed by atoms with E-state index in [0.29, 0.717) is 22.6 Å². The second kappa shape index (κ2) is 7.55. The van der Waals surface area contributed by atoms with Gasteiger partial charge in [-0.3, -0.25) is 9.59 Å². The Balaban J connectivity index is 1.52. The highest BCUT2D eigenvalue weighted by Crippen LogP contribution is 2.30. The smallest absolute Gasteiger partial charge is 0.268 e. The highest BCUT2D eigenvalue weighted by Gasteiger charge is 2.12. The monoisotopic (exact) mass is 375 g/mol. The minimum absolute atomic E-state index is 0.0362. The van der Waals surface area contributed by atoms with Crippen molar-refractivity contribution < 1.29 is 4.79 Å². The Bertz CT molecular complexity index is 1130. The number of nitrogens with zero attached hydrogens (tertiary/aromatic N) is 1. The average molecular weight is 375 g/mol. The number of nitrogens with one attached hydrogen (secondary N) is 2. The zero-order valence-corrected chi connectivity index (χ0v) is 15.3. The van der Waals surface area contributed by atoms with Gasteiger partial charge in [0.15, 0.2) is 0 Å². The Morgan fingerprint density at radius 1 is 1.04 bits per heavy atom. The maximum Gasteiger partial charge on any atom is 0.268 e. The molecule has 2 N–H and O–H groups in total. The number of aromatic amines is 1. The van der Waals surface area contributed by atoms with Gasteiger partial charge in [-0.15, -0.1) is 11.3 Å². The molecule has 0 aliphatic rings. The van der Waals surface area contributed by atoms with Gasteiger partial charge in [-0.25, -0.2) is 4.98 Å². The van der Waals surface area contributed by atoms with E-state index in [1.54, 1.807) is 0 Å². The fourth-order valence-corrected chi connectivity index (χ4v) is 3.83. The molecule has 0 spiro atoms. The van der Waals surface area contributed by atoms with Crippen LogP contribution in [0.3, 0.4) is 0 Å². The maximum absolute atomic E-state index is 12.4. The number of benzene rings is 2. The molecule has 2 heterocycles. The lowest BCUT2D eigenvalue weighted by Crippen LogP contribution is -2.26. The van der Waals surface area contributed by atoms with Crippen molar-refractivity contribution >= 4 is 27.5 Å². The first kappa shape index (κ1) is 17.2. The summed E-state index contributed by atoms with van der Waals surface area (Å²) in [5.74, 6) is 0.190. The van der Waals surface area contributed by atoms with Crippen LogP contribution in [0.15, 0.2) is 71.5 Å². The van der Waals surface area contributed by atoms with Gasteiger partial charge in [0.1, 0.15) is 10.5 Å². The van der Waals surface area contributed by atoms with Crippen LogP contribution in [0.5, 0.6) is 0 Å². The zero-order valence-electron chi connectivity index (χ0n) is 14.4. The van der Waals surface area contributed by atoms with Gasteiger partial charge in [-0.2, -0.15) is 0 Å². The van der Waals surface area contributed by atoms with Gasteiger partial charge in [-0.1, -0.05) is 60.7 Å². The molecular weight excluding hydrogens is 358 g/mol. The number of fused-ring (bicyclic) bond motifs is 1. The normalized spacial score (nSPS) is 10.8. The Morgan fingerprint density at radius 3 is 2.48 bits per heavy atom. The third kappa shape index (κ3) is 3.96. The van der Waals surface area contributed by atoms with Crippen LogP contribution < -0.4 is 10.9 Å². The molecule has 4 aromatic rings. The predicted octanol–water partition coefficient (Wildman–Crippen LogP) is 3.51. The van der Waals surface area contributed by atoms with Crippen LogP contribution in [0.2, 0.25) is 0 Å². The molecule has 0 fully saturated rings. The lowest BCUT2D eigenvalue weighted by molar-refractivity contribution is -0.120. The quantitative estimate of drug-likeness (QED) is 0.560. The molecule has 27 heavy (non-hydrogen) atoms. The van der Waals surface area contributed by atoms with Crippen molar-refractivity contribution in [1.29, 1.82) is 0 Å². The van der Waals surface area contributed by atoms with Gasteiger partial charge in [0, 0.05) is 11.4 Å². The van der Waals surface area contributed by atoms with Crippen LogP contribution >= 0.6 is 11.3 Å². The van der Waals surface area contributed by atoms with Gasteiger partial charge in [-0.05, 0) is 17.2 Å². The molecular formula is C21H17N3O2S. The molecule has 4 rings (SSSR count). The Hall–Kier alpha value is -3.25. The first-order valence-corrected chi connectivity index (χ1v) is 9.39. The summed E-state index contributed by atoms with van der Waals surface area (Å²) in [7, 11) is 0. The van der Waals surface area contributed by atoms with E-state index in [9.17, 15) is 9.59 Å². The van der Waals surface area contributed by atoms with E-state index in [1.807, 2.05) is 66.7 Å². The van der Waals surface area contributed by atoms with Crippen molar-refractivity contribution in [2.24, 2.45) is 0 Å². The number of amides is 1. The summed E-state index contributed by atoms with van der Waals surface area (Å²) in [5, 5.41) is 2.85. The van der Waals surface area contributed by atoms with Crippen LogP contribution in [-0.2, 0) is 17.8 Å². The number of carbonyl (C=O) groups is 1. The number of aromatic nitrogens is 2. The molecule has 0 atom stereocenters. The van der Waals surface area contributed by atoms with Crippen molar-refractivity contribution in [3.05, 3.63) is 88.5 Å². The van der Waals surface area contributed by atoms with Crippen LogP contribution in [0, 0.1) is 0 Å². The van der Waals surface area contributed by atoms with Crippen LogP contribution in [0.1, 0.15) is 11.4 Å². The van der Waals surface area contributed by atoms with E-state index < -0.39 is 0 Å². The van der Waals surface area contributed by atoms with Crippen LogP contribution in [-0.4, -0.2) is 15.9 Å². The van der Waals surface area contributed by atoms with E-state index in [2.05, 4.69) is 15.3 Å².